The number of hydrogen-bond acceptors (Lipinski definition) is 4. The second-order valence-corrected chi connectivity index (χ2v) is 4.64. The number of hydrogen-bond donors (Lipinski definition) is 1. The molecule has 1 N–H and O–H groups in total. The highest BCUT2D eigenvalue weighted by molar-refractivity contribution is 5.44. The average molecular weight is 233 g/mol. The van der Waals surface area contributed by atoms with Gasteiger partial charge in [0.2, 0.25) is 0 Å². The Morgan fingerprint density at radius 2 is 1.94 bits per heavy atom. The standard InChI is InChI=1S/C13H15NO3/c1-13(2,8-14)12(15)9-3-4-10-11(7-9)17-6-5-16-10/h3-4,7,12,15H,5-6H2,1-2H3. The molecule has 90 valence electrons. The van der Waals surface area contributed by atoms with Crippen LogP contribution in [0.4, 0.5) is 0 Å². The number of nitrogens with zero attached hydrogens (tertiary/aromatic N) is 1. The van der Waals surface area contributed by atoms with Gasteiger partial charge < -0.3 is 14.6 Å². The van der Waals surface area contributed by atoms with E-state index in [0.717, 1.165) is 0 Å². The largest absolute Gasteiger partial charge is 0.486 e. The summed E-state index contributed by atoms with van der Waals surface area (Å²) in [5.74, 6) is 1.31. The van der Waals surface area contributed by atoms with Gasteiger partial charge in [0.1, 0.15) is 13.2 Å². The number of ether oxygens (including phenoxy) is 2. The van der Waals surface area contributed by atoms with Gasteiger partial charge >= 0.3 is 0 Å². The van der Waals surface area contributed by atoms with E-state index in [1.54, 1.807) is 32.0 Å². The number of benzene rings is 1. The first-order valence-electron chi connectivity index (χ1n) is 5.53. The average Bonchev–Trinajstić information content (AvgIpc) is 2.37. The molecule has 4 heteroatoms. The van der Waals surface area contributed by atoms with E-state index >= 15 is 0 Å². The van der Waals surface area contributed by atoms with Gasteiger partial charge in [-0.1, -0.05) is 6.07 Å². The Labute approximate surface area is 100 Å². The van der Waals surface area contributed by atoms with Gasteiger partial charge in [-0.2, -0.15) is 5.26 Å². The molecule has 0 aromatic heterocycles. The normalized spacial score (nSPS) is 16.1. The lowest BCUT2D eigenvalue weighted by molar-refractivity contribution is 0.0859. The van der Waals surface area contributed by atoms with E-state index in [1.807, 2.05) is 0 Å². The third-order valence-corrected chi connectivity index (χ3v) is 2.85. The fourth-order valence-corrected chi connectivity index (χ4v) is 1.71. The minimum absolute atomic E-state index is 0.508. The van der Waals surface area contributed by atoms with E-state index in [-0.39, 0.29) is 0 Å². The molecular formula is C13H15NO3. The topological polar surface area (TPSA) is 62.5 Å². The quantitative estimate of drug-likeness (QED) is 0.849. The van der Waals surface area contributed by atoms with Gasteiger partial charge in [-0.3, -0.25) is 0 Å². The van der Waals surface area contributed by atoms with Gasteiger partial charge in [-0.25, -0.2) is 0 Å². The first-order chi connectivity index (χ1) is 8.04. The van der Waals surface area contributed by atoms with Gasteiger partial charge in [0.05, 0.1) is 17.6 Å². The Hall–Kier alpha value is -1.73. The molecule has 0 amide bonds. The summed E-state index contributed by atoms with van der Waals surface area (Å²) in [5, 5.41) is 19.1. The summed E-state index contributed by atoms with van der Waals surface area (Å²) in [4.78, 5) is 0. The number of aliphatic hydroxyl groups is 1. The van der Waals surface area contributed by atoms with Crippen molar-refractivity contribution >= 4 is 0 Å². The Kier molecular flexibility index (Phi) is 2.95. The number of aliphatic hydroxyl groups excluding tert-OH is 1. The summed E-state index contributed by atoms with van der Waals surface area (Å²) in [6, 6.07) is 7.36. The molecular weight excluding hydrogens is 218 g/mol. The summed E-state index contributed by atoms with van der Waals surface area (Å²) in [7, 11) is 0. The molecule has 1 heterocycles. The Balaban J connectivity index is 2.32. The molecule has 0 saturated carbocycles. The fraction of sp³-hybridized carbons (Fsp3) is 0.462. The van der Waals surface area contributed by atoms with Crippen molar-refractivity contribution in [3.63, 3.8) is 0 Å². The van der Waals surface area contributed by atoms with Crippen LogP contribution in [0.15, 0.2) is 18.2 Å². The summed E-state index contributed by atoms with van der Waals surface area (Å²) in [6.07, 6.45) is -0.844. The molecule has 1 aromatic carbocycles. The highest BCUT2D eigenvalue weighted by Crippen LogP contribution is 2.38. The van der Waals surface area contributed by atoms with Crippen LogP contribution in [0.25, 0.3) is 0 Å². The Morgan fingerprint density at radius 3 is 2.59 bits per heavy atom. The maximum atomic E-state index is 10.1. The number of rotatable bonds is 2. The molecule has 4 nitrogen and oxygen atoms in total. The van der Waals surface area contributed by atoms with Gasteiger partial charge in [0.25, 0.3) is 0 Å². The van der Waals surface area contributed by atoms with Crippen LogP contribution in [-0.2, 0) is 0 Å². The Morgan fingerprint density at radius 1 is 1.29 bits per heavy atom. The van der Waals surface area contributed by atoms with Crippen LogP contribution in [0.2, 0.25) is 0 Å². The molecule has 0 saturated heterocycles. The fourth-order valence-electron chi connectivity index (χ4n) is 1.71. The highest BCUT2D eigenvalue weighted by Gasteiger charge is 2.30. The molecule has 1 aromatic rings. The van der Waals surface area contributed by atoms with Crippen molar-refractivity contribution in [2.75, 3.05) is 13.2 Å². The molecule has 0 bridgehead atoms. The zero-order chi connectivity index (χ0) is 12.5. The summed E-state index contributed by atoms with van der Waals surface area (Å²) < 4.78 is 10.8. The summed E-state index contributed by atoms with van der Waals surface area (Å²) in [6.45, 7) is 4.45. The lowest BCUT2D eigenvalue weighted by atomic mass is 9.84. The van der Waals surface area contributed by atoms with Crippen LogP contribution in [0, 0.1) is 16.7 Å². The van der Waals surface area contributed by atoms with E-state index in [0.29, 0.717) is 30.3 Å². The molecule has 0 fully saturated rings. The van der Waals surface area contributed by atoms with Crippen molar-refractivity contribution < 1.29 is 14.6 Å². The van der Waals surface area contributed by atoms with Crippen molar-refractivity contribution in [1.29, 1.82) is 5.26 Å². The van der Waals surface area contributed by atoms with Crippen LogP contribution < -0.4 is 9.47 Å². The van der Waals surface area contributed by atoms with Crippen LogP contribution in [0.5, 0.6) is 11.5 Å². The van der Waals surface area contributed by atoms with Gasteiger partial charge in [-0.15, -0.1) is 0 Å². The maximum absolute atomic E-state index is 10.1. The van der Waals surface area contributed by atoms with Crippen molar-refractivity contribution in [1.82, 2.24) is 0 Å². The van der Waals surface area contributed by atoms with Gasteiger partial charge in [0, 0.05) is 0 Å². The third-order valence-electron chi connectivity index (χ3n) is 2.85. The summed E-state index contributed by atoms with van der Waals surface area (Å²) in [5.41, 5.74) is -0.162. The van der Waals surface area contributed by atoms with E-state index < -0.39 is 11.5 Å². The number of fused-ring (bicyclic) bond motifs is 1. The molecule has 17 heavy (non-hydrogen) atoms. The SMILES string of the molecule is CC(C)(C#N)C(O)c1ccc2c(c1)OCCO2. The van der Waals surface area contributed by atoms with Gasteiger partial charge in [0.15, 0.2) is 11.5 Å². The first-order valence-corrected chi connectivity index (χ1v) is 5.53. The second-order valence-electron chi connectivity index (χ2n) is 4.64. The molecule has 1 aliphatic rings. The maximum Gasteiger partial charge on any atom is 0.161 e. The first kappa shape index (κ1) is 11.7. The highest BCUT2D eigenvalue weighted by atomic mass is 16.6. The lowest BCUT2D eigenvalue weighted by Crippen LogP contribution is -2.21. The second kappa shape index (κ2) is 4.27. The smallest absolute Gasteiger partial charge is 0.161 e. The Bertz CT molecular complexity index is 462. The van der Waals surface area contributed by atoms with E-state index in [1.165, 1.54) is 0 Å². The van der Waals surface area contributed by atoms with Crippen molar-refractivity contribution in [3.05, 3.63) is 23.8 Å². The van der Waals surface area contributed by atoms with Crippen molar-refractivity contribution in [3.8, 4) is 17.6 Å². The molecule has 2 rings (SSSR count). The lowest BCUT2D eigenvalue weighted by Gasteiger charge is -2.25. The van der Waals surface area contributed by atoms with E-state index in [4.69, 9.17) is 14.7 Å². The van der Waals surface area contributed by atoms with Crippen molar-refractivity contribution in [2.24, 2.45) is 5.41 Å². The minimum atomic E-state index is -0.844. The number of nitriles is 1. The van der Waals surface area contributed by atoms with Gasteiger partial charge in [-0.05, 0) is 31.5 Å². The molecule has 0 radical (unpaired) electrons. The minimum Gasteiger partial charge on any atom is -0.486 e. The van der Waals surface area contributed by atoms with Crippen LogP contribution >= 0.6 is 0 Å². The predicted molar refractivity (Wildman–Crippen MR) is 61.8 cm³/mol. The molecule has 1 atom stereocenters. The molecule has 0 aliphatic carbocycles. The van der Waals surface area contributed by atoms with Crippen LogP contribution in [0.3, 0.4) is 0 Å². The predicted octanol–water partition coefficient (Wildman–Crippen LogP) is 2.04. The summed E-state index contributed by atoms with van der Waals surface area (Å²) >= 11 is 0. The van der Waals surface area contributed by atoms with E-state index in [9.17, 15) is 5.11 Å². The molecule has 1 aliphatic heterocycles. The van der Waals surface area contributed by atoms with Crippen LogP contribution in [-0.4, -0.2) is 18.3 Å². The van der Waals surface area contributed by atoms with E-state index in [2.05, 4.69) is 6.07 Å². The zero-order valence-corrected chi connectivity index (χ0v) is 9.93. The zero-order valence-electron chi connectivity index (χ0n) is 9.93. The molecule has 0 spiro atoms. The molecule has 1 unspecified atom stereocenters. The van der Waals surface area contributed by atoms with Crippen molar-refractivity contribution in [2.45, 2.75) is 20.0 Å². The van der Waals surface area contributed by atoms with Crippen LogP contribution in [0.1, 0.15) is 25.5 Å². The monoisotopic (exact) mass is 233 g/mol. The third kappa shape index (κ3) is 2.20.